The van der Waals surface area contributed by atoms with E-state index in [0.717, 1.165) is 0 Å². The van der Waals surface area contributed by atoms with Gasteiger partial charge in [-0.05, 0) is 24.1 Å². The number of nitrogens with two attached hydrogens (primary N) is 1. The maximum absolute atomic E-state index is 13.5. The lowest BCUT2D eigenvalue weighted by Crippen LogP contribution is -2.44. The van der Waals surface area contributed by atoms with Gasteiger partial charge >= 0.3 is 6.18 Å². The molecule has 0 bridgehead atoms. The lowest BCUT2D eigenvalue weighted by molar-refractivity contribution is -0.137. The van der Waals surface area contributed by atoms with Gasteiger partial charge in [-0.25, -0.2) is 4.39 Å². The molecule has 0 aromatic heterocycles. The van der Waals surface area contributed by atoms with Crippen molar-refractivity contribution in [2.45, 2.75) is 26.1 Å². The molecule has 1 unspecified atom stereocenters. The molecule has 1 aromatic rings. The van der Waals surface area contributed by atoms with Crippen LogP contribution in [-0.4, -0.2) is 18.5 Å². The van der Waals surface area contributed by atoms with Gasteiger partial charge in [-0.1, -0.05) is 13.8 Å². The van der Waals surface area contributed by atoms with Gasteiger partial charge in [0, 0.05) is 12.6 Å². The number of benzene rings is 1. The van der Waals surface area contributed by atoms with Crippen LogP contribution in [0.15, 0.2) is 18.2 Å². The SMILES string of the molecule is CC(C)C(CN)NC(=O)c1cc(C(F)(F)F)ccc1F. The second-order valence-electron chi connectivity index (χ2n) is 4.75. The van der Waals surface area contributed by atoms with E-state index in [9.17, 15) is 22.4 Å². The molecule has 1 amide bonds. The number of rotatable bonds is 4. The normalized spacial score (nSPS) is 13.4. The van der Waals surface area contributed by atoms with E-state index in [1.54, 1.807) is 13.8 Å². The fraction of sp³-hybridized carbons (Fsp3) is 0.462. The van der Waals surface area contributed by atoms with Crippen LogP contribution < -0.4 is 11.1 Å². The van der Waals surface area contributed by atoms with Crippen LogP contribution in [0.25, 0.3) is 0 Å². The molecule has 1 rings (SSSR count). The van der Waals surface area contributed by atoms with Crippen LogP contribution in [0, 0.1) is 11.7 Å². The third kappa shape index (κ3) is 3.93. The van der Waals surface area contributed by atoms with Crippen LogP contribution in [0.5, 0.6) is 0 Å². The molecule has 0 saturated heterocycles. The molecule has 0 aliphatic rings. The number of alkyl halides is 3. The fourth-order valence-electron chi connectivity index (χ4n) is 1.62. The lowest BCUT2D eigenvalue weighted by atomic mass is 10.0. The van der Waals surface area contributed by atoms with Crippen LogP contribution >= 0.6 is 0 Å². The molecule has 0 saturated carbocycles. The van der Waals surface area contributed by atoms with E-state index >= 15 is 0 Å². The van der Waals surface area contributed by atoms with Gasteiger partial charge in [0.1, 0.15) is 5.82 Å². The highest BCUT2D eigenvalue weighted by Crippen LogP contribution is 2.30. The number of nitrogens with one attached hydrogen (secondary N) is 1. The molecule has 0 fully saturated rings. The van der Waals surface area contributed by atoms with Gasteiger partial charge in [0.25, 0.3) is 5.91 Å². The Morgan fingerprint density at radius 2 is 1.95 bits per heavy atom. The van der Waals surface area contributed by atoms with Gasteiger partial charge in [0.2, 0.25) is 0 Å². The summed E-state index contributed by atoms with van der Waals surface area (Å²) in [6, 6.07) is 1.29. The second kappa shape index (κ2) is 6.21. The molecule has 0 aliphatic heterocycles. The highest BCUT2D eigenvalue weighted by Gasteiger charge is 2.32. The Labute approximate surface area is 114 Å². The standard InChI is InChI=1S/C13H16F4N2O/c1-7(2)11(6-18)19-12(20)9-5-8(13(15,16)17)3-4-10(9)14/h3-5,7,11H,6,18H2,1-2H3,(H,19,20). The third-order valence-corrected chi connectivity index (χ3v) is 2.91. The summed E-state index contributed by atoms with van der Waals surface area (Å²) >= 11 is 0. The first kappa shape index (κ1) is 16.4. The van der Waals surface area contributed by atoms with Crippen LogP contribution in [-0.2, 0) is 6.18 Å². The van der Waals surface area contributed by atoms with Gasteiger partial charge in [-0.15, -0.1) is 0 Å². The number of carbonyl (C=O) groups excluding carboxylic acids is 1. The highest BCUT2D eigenvalue weighted by atomic mass is 19.4. The van der Waals surface area contributed by atoms with Gasteiger partial charge in [-0.2, -0.15) is 13.2 Å². The van der Waals surface area contributed by atoms with Crippen molar-refractivity contribution >= 4 is 5.91 Å². The van der Waals surface area contributed by atoms with E-state index in [-0.39, 0.29) is 12.5 Å². The minimum absolute atomic E-state index is 0.0159. The van der Waals surface area contributed by atoms with Crippen molar-refractivity contribution in [3.63, 3.8) is 0 Å². The van der Waals surface area contributed by atoms with Crippen molar-refractivity contribution in [2.75, 3.05) is 6.54 Å². The number of hydrogen-bond acceptors (Lipinski definition) is 2. The van der Waals surface area contributed by atoms with Gasteiger partial charge in [0.05, 0.1) is 11.1 Å². The largest absolute Gasteiger partial charge is 0.416 e. The maximum Gasteiger partial charge on any atom is 0.416 e. The minimum atomic E-state index is -4.63. The van der Waals surface area contributed by atoms with E-state index in [1.807, 2.05) is 0 Å². The molecule has 0 aliphatic carbocycles. The van der Waals surface area contributed by atoms with Crippen molar-refractivity contribution in [1.82, 2.24) is 5.32 Å². The van der Waals surface area contributed by atoms with Gasteiger partial charge in [-0.3, -0.25) is 4.79 Å². The predicted octanol–water partition coefficient (Wildman–Crippen LogP) is 2.56. The average molecular weight is 292 g/mol. The van der Waals surface area contributed by atoms with Crippen molar-refractivity contribution in [3.8, 4) is 0 Å². The van der Waals surface area contributed by atoms with E-state index in [1.165, 1.54) is 0 Å². The van der Waals surface area contributed by atoms with E-state index in [0.29, 0.717) is 18.2 Å². The van der Waals surface area contributed by atoms with Crippen molar-refractivity contribution < 1.29 is 22.4 Å². The lowest BCUT2D eigenvalue weighted by Gasteiger charge is -2.21. The third-order valence-electron chi connectivity index (χ3n) is 2.91. The van der Waals surface area contributed by atoms with E-state index in [2.05, 4.69) is 5.32 Å². The second-order valence-corrected chi connectivity index (χ2v) is 4.75. The molecule has 1 atom stereocenters. The first-order valence-electron chi connectivity index (χ1n) is 6.04. The average Bonchev–Trinajstić information content (AvgIpc) is 2.34. The van der Waals surface area contributed by atoms with Crippen molar-refractivity contribution in [1.29, 1.82) is 0 Å². The quantitative estimate of drug-likeness (QED) is 0.838. The Bertz CT molecular complexity index is 486. The minimum Gasteiger partial charge on any atom is -0.348 e. The smallest absolute Gasteiger partial charge is 0.348 e. The summed E-state index contributed by atoms with van der Waals surface area (Å²) < 4.78 is 51.1. The molecule has 0 radical (unpaired) electrons. The zero-order valence-corrected chi connectivity index (χ0v) is 11.1. The van der Waals surface area contributed by atoms with Crippen LogP contribution in [0.1, 0.15) is 29.8 Å². The Kier molecular flexibility index (Phi) is 5.10. The van der Waals surface area contributed by atoms with Crippen LogP contribution in [0.4, 0.5) is 17.6 Å². The Balaban J connectivity index is 3.03. The van der Waals surface area contributed by atoms with Gasteiger partial charge < -0.3 is 11.1 Å². The van der Waals surface area contributed by atoms with E-state index in [4.69, 9.17) is 5.73 Å². The zero-order valence-electron chi connectivity index (χ0n) is 11.1. The first-order chi connectivity index (χ1) is 9.16. The number of halogens is 4. The van der Waals surface area contributed by atoms with Crippen LogP contribution in [0.3, 0.4) is 0 Å². The number of hydrogen-bond donors (Lipinski definition) is 2. The highest BCUT2D eigenvalue weighted by molar-refractivity contribution is 5.94. The summed E-state index contributed by atoms with van der Waals surface area (Å²) in [4.78, 5) is 11.8. The first-order valence-corrected chi connectivity index (χ1v) is 6.04. The summed E-state index contributed by atoms with van der Waals surface area (Å²) in [5.41, 5.74) is 3.74. The summed E-state index contributed by atoms with van der Waals surface area (Å²) in [6.45, 7) is 3.70. The molecule has 0 spiro atoms. The summed E-state index contributed by atoms with van der Waals surface area (Å²) in [7, 11) is 0. The van der Waals surface area contributed by atoms with E-state index < -0.39 is 35.1 Å². The summed E-state index contributed by atoms with van der Waals surface area (Å²) in [5.74, 6) is -1.93. The van der Waals surface area contributed by atoms with Crippen molar-refractivity contribution in [2.24, 2.45) is 11.7 Å². The Morgan fingerprint density at radius 1 is 1.35 bits per heavy atom. The summed E-state index contributed by atoms with van der Waals surface area (Å²) in [5, 5.41) is 2.43. The zero-order chi connectivity index (χ0) is 15.5. The molecule has 3 nitrogen and oxygen atoms in total. The molecule has 7 heteroatoms. The molecular formula is C13H16F4N2O. The number of amides is 1. The molecule has 1 aromatic carbocycles. The van der Waals surface area contributed by atoms with Gasteiger partial charge in [0.15, 0.2) is 0 Å². The summed E-state index contributed by atoms with van der Waals surface area (Å²) in [6.07, 6.45) is -4.63. The molecule has 0 heterocycles. The molecule has 20 heavy (non-hydrogen) atoms. The predicted molar refractivity (Wildman–Crippen MR) is 66.5 cm³/mol. The maximum atomic E-state index is 13.5. The monoisotopic (exact) mass is 292 g/mol. The Hall–Kier alpha value is -1.63. The van der Waals surface area contributed by atoms with Crippen molar-refractivity contribution in [3.05, 3.63) is 35.1 Å². The molecular weight excluding hydrogens is 276 g/mol. The Morgan fingerprint density at radius 3 is 2.40 bits per heavy atom. The topological polar surface area (TPSA) is 55.1 Å². The molecule has 112 valence electrons. The van der Waals surface area contributed by atoms with Crippen LogP contribution in [0.2, 0.25) is 0 Å². The number of carbonyl (C=O) groups is 1. The fourth-order valence-corrected chi connectivity index (χ4v) is 1.62. The molecule has 3 N–H and O–H groups in total.